The Balaban J connectivity index is 1.66. The van der Waals surface area contributed by atoms with Gasteiger partial charge in [-0.1, -0.05) is 19.0 Å². The van der Waals surface area contributed by atoms with Gasteiger partial charge in [0, 0.05) is 18.0 Å². The molecule has 1 aromatic carbocycles. The summed E-state index contributed by atoms with van der Waals surface area (Å²) < 4.78 is 43.1. The maximum atomic E-state index is 12.7. The number of ether oxygens (including phenoxy) is 2. The number of hydrogen-bond donors (Lipinski definition) is 1. The SMILES string of the molecule is COc1ccc(S(=O)(=O)N[C@H](C(=O)OCc2nc(-c3cccnc3)no2)C(C)C)cc1. The van der Waals surface area contributed by atoms with Gasteiger partial charge in [-0.05, 0) is 42.3 Å². The van der Waals surface area contributed by atoms with Crippen LogP contribution in [-0.4, -0.2) is 42.7 Å². The van der Waals surface area contributed by atoms with Gasteiger partial charge in [-0.15, -0.1) is 0 Å². The number of carbonyl (C=O) groups is 1. The molecule has 0 saturated carbocycles. The maximum Gasteiger partial charge on any atom is 0.324 e. The van der Waals surface area contributed by atoms with E-state index in [1.165, 1.54) is 31.4 Å². The van der Waals surface area contributed by atoms with E-state index in [1.807, 2.05) is 0 Å². The lowest BCUT2D eigenvalue weighted by atomic mass is 10.1. The summed E-state index contributed by atoms with van der Waals surface area (Å²) in [5, 5.41) is 3.82. The quantitative estimate of drug-likeness (QED) is 0.491. The van der Waals surface area contributed by atoms with Crippen molar-refractivity contribution < 1.29 is 27.2 Å². The monoisotopic (exact) mass is 446 g/mol. The number of sulfonamides is 1. The maximum absolute atomic E-state index is 12.7. The Kier molecular flexibility index (Phi) is 6.98. The van der Waals surface area contributed by atoms with Crippen LogP contribution in [-0.2, 0) is 26.2 Å². The minimum absolute atomic E-state index is 0.00441. The molecule has 0 spiro atoms. The number of pyridine rings is 1. The normalized spacial score (nSPS) is 12.5. The summed E-state index contributed by atoms with van der Waals surface area (Å²) in [5.74, 6) is -0.223. The zero-order valence-electron chi connectivity index (χ0n) is 17.2. The molecule has 0 bridgehead atoms. The number of rotatable bonds is 9. The van der Waals surface area contributed by atoms with Crippen LogP contribution >= 0.6 is 0 Å². The van der Waals surface area contributed by atoms with E-state index in [0.717, 1.165) is 0 Å². The van der Waals surface area contributed by atoms with E-state index in [2.05, 4.69) is 19.8 Å². The largest absolute Gasteiger partial charge is 0.497 e. The number of carbonyl (C=O) groups excluding carboxylic acids is 1. The second-order valence-corrected chi connectivity index (χ2v) is 8.59. The summed E-state index contributed by atoms with van der Waals surface area (Å²) in [6.07, 6.45) is 3.19. The first-order valence-corrected chi connectivity index (χ1v) is 10.8. The molecule has 0 aliphatic carbocycles. The van der Waals surface area contributed by atoms with E-state index in [0.29, 0.717) is 17.1 Å². The third-order valence-electron chi connectivity index (χ3n) is 4.30. The van der Waals surface area contributed by atoms with Gasteiger partial charge < -0.3 is 14.0 Å². The van der Waals surface area contributed by atoms with E-state index < -0.39 is 22.0 Å². The van der Waals surface area contributed by atoms with Gasteiger partial charge in [0.15, 0.2) is 6.61 Å². The van der Waals surface area contributed by atoms with Gasteiger partial charge in [0.05, 0.1) is 12.0 Å². The molecule has 164 valence electrons. The minimum Gasteiger partial charge on any atom is -0.497 e. The molecule has 0 saturated heterocycles. The molecule has 10 nitrogen and oxygen atoms in total. The fourth-order valence-electron chi connectivity index (χ4n) is 2.59. The van der Waals surface area contributed by atoms with E-state index in [-0.39, 0.29) is 23.3 Å². The standard InChI is InChI=1S/C20H22N4O6S/c1-13(2)18(24-31(26,27)16-8-6-15(28-3)7-9-16)20(25)29-12-17-22-19(23-30-17)14-5-4-10-21-11-14/h4-11,13,18,24H,12H2,1-3H3/t18-/m0/s1. The second-order valence-electron chi connectivity index (χ2n) is 6.88. The smallest absolute Gasteiger partial charge is 0.324 e. The lowest BCUT2D eigenvalue weighted by Crippen LogP contribution is -2.45. The number of methoxy groups -OCH3 is 1. The molecule has 2 heterocycles. The lowest BCUT2D eigenvalue weighted by molar-refractivity contribution is -0.148. The predicted octanol–water partition coefficient (Wildman–Crippen LogP) is 2.19. The van der Waals surface area contributed by atoms with E-state index in [1.54, 1.807) is 38.4 Å². The fourth-order valence-corrected chi connectivity index (χ4v) is 3.93. The molecule has 0 radical (unpaired) electrons. The summed E-state index contributed by atoms with van der Waals surface area (Å²) in [6, 6.07) is 8.21. The van der Waals surface area contributed by atoms with Crippen LogP contribution < -0.4 is 9.46 Å². The Morgan fingerprint density at radius 2 is 1.94 bits per heavy atom. The molecule has 0 fully saturated rings. The van der Waals surface area contributed by atoms with Crippen molar-refractivity contribution in [3.8, 4) is 17.1 Å². The molecule has 31 heavy (non-hydrogen) atoms. The van der Waals surface area contributed by atoms with Crippen LogP contribution in [0, 0.1) is 5.92 Å². The third kappa shape index (κ3) is 5.64. The van der Waals surface area contributed by atoms with E-state index in [9.17, 15) is 13.2 Å². The number of hydrogen-bond acceptors (Lipinski definition) is 9. The first-order chi connectivity index (χ1) is 14.8. The van der Waals surface area contributed by atoms with Gasteiger partial charge in [0.2, 0.25) is 15.8 Å². The molecule has 0 amide bonds. The Hall–Kier alpha value is -3.31. The van der Waals surface area contributed by atoms with Gasteiger partial charge in [0.1, 0.15) is 11.8 Å². The average molecular weight is 446 g/mol. The molecule has 0 aliphatic rings. The Labute approximate surface area is 179 Å². The summed E-state index contributed by atoms with van der Waals surface area (Å²) in [4.78, 5) is 20.7. The summed E-state index contributed by atoms with van der Waals surface area (Å²) in [6.45, 7) is 3.12. The van der Waals surface area contributed by atoms with Gasteiger partial charge in [-0.25, -0.2) is 8.42 Å². The van der Waals surface area contributed by atoms with Crippen LogP contribution in [0.4, 0.5) is 0 Å². The topological polar surface area (TPSA) is 134 Å². The zero-order chi connectivity index (χ0) is 22.4. The van der Waals surface area contributed by atoms with Crippen molar-refractivity contribution in [2.75, 3.05) is 7.11 Å². The third-order valence-corrected chi connectivity index (χ3v) is 5.76. The molecule has 0 aliphatic heterocycles. The minimum atomic E-state index is -3.95. The highest BCUT2D eigenvalue weighted by Crippen LogP contribution is 2.18. The van der Waals surface area contributed by atoms with Crippen LogP contribution in [0.1, 0.15) is 19.7 Å². The van der Waals surface area contributed by atoms with Crippen LogP contribution in [0.25, 0.3) is 11.4 Å². The molecule has 1 atom stereocenters. The first-order valence-electron chi connectivity index (χ1n) is 9.36. The molecular weight excluding hydrogens is 424 g/mol. The predicted molar refractivity (Wildman–Crippen MR) is 109 cm³/mol. The molecule has 3 aromatic rings. The fraction of sp³-hybridized carbons (Fsp3) is 0.300. The van der Waals surface area contributed by atoms with Crippen molar-refractivity contribution >= 4 is 16.0 Å². The molecule has 0 unspecified atom stereocenters. The number of nitrogens with zero attached hydrogens (tertiary/aromatic N) is 3. The molecule has 2 aromatic heterocycles. The summed E-state index contributed by atoms with van der Waals surface area (Å²) >= 11 is 0. The van der Waals surface area contributed by atoms with Gasteiger partial charge in [0.25, 0.3) is 5.89 Å². The van der Waals surface area contributed by atoms with Crippen molar-refractivity contribution in [2.24, 2.45) is 5.92 Å². The number of esters is 1. The van der Waals surface area contributed by atoms with Crippen molar-refractivity contribution in [3.05, 3.63) is 54.7 Å². The number of nitrogens with one attached hydrogen (secondary N) is 1. The van der Waals surface area contributed by atoms with E-state index >= 15 is 0 Å². The van der Waals surface area contributed by atoms with Gasteiger partial charge in [-0.3, -0.25) is 9.78 Å². The van der Waals surface area contributed by atoms with Crippen LogP contribution in [0.15, 0.2) is 58.2 Å². The molecular formula is C20H22N4O6S. The highest BCUT2D eigenvalue weighted by atomic mass is 32.2. The zero-order valence-corrected chi connectivity index (χ0v) is 18.0. The Morgan fingerprint density at radius 3 is 2.55 bits per heavy atom. The highest BCUT2D eigenvalue weighted by molar-refractivity contribution is 7.89. The molecule has 11 heteroatoms. The summed E-state index contributed by atoms with van der Waals surface area (Å²) in [5.41, 5.74) is 0.649. The highest BCUT2D eigenvalue weighted by Gasteiger charge is 2.30. The Bertz CT molecular complexity index is 1110. The average Bonchev–Trinajstić information content (AvgIpc) is 3.25. The molecule has 1 N–H and O–H groups in total. The van der Waals surface area contributed by atoms with Crippen molar-refractivity contribution in [1.82, 2.24) is 19.8 Å². The molecule has 3 rings (SSSR count). The van der Waals surface area contributed by atoms with Gasteiger partial charge in [-0.2, -0.15) is 9.71 Å². The first kappa shape index (κ1) is 22.4. The van der Waals surface area contributed by atoms with Crippen molar-refractivity contribution in [1.29, 1.82) is 0 Å². The van der Waals surface area contributed by atoms with Crippen LogP contribution in [0.5, 0.6) is 5.75 Å². The van der Waals surface area contributed by atoms with Gasteiger partial charge >= 0.3 is 5.97 Å². The Morgan fingerprint density at radius 1 is 1.19 bits per heavy atom. The van der Waals surface area contributed by atoms with Crippen LogP contribution in [0.3, 0.4) is 0 Å². The van der Waals surface area contributed by atoms with E-state index in [4.69, 9.17) is 14.0 Å². The lowest BCUT2D eigenvalue weighted by Gasteiger charge is -2.20. The number of benzene rings is 1. The number of aromatic nitrogens is 3. The van der Waals surface area contributed by atoms with Crippen molar-refractivity contribution in [2.45, 2.75) is 31.4 Å². The summed E-state index contributed by atoms with van der Waals surface area (Å²) in [7, 11) is -2.47. The van der Waals surface area contributed by atoms with Crippen molar-refractivity contribution in [3.63, 3.8) is 0 Å². The second kappa shape index (κ2) is 9.67. The van der Waals surface area contributed by atoms with Crippen LogP contribution in [0.2, 0.25) is 0 Å².